The van der Waals surface area contributed by atoms with Crippen LogP contribution in [-0.4, -0.2) is 15.9 Å². The molecule has 1 unspecified atom stereocenters. The van der Waals surface area contributed by atoms with E-state index < -0.39 is 11.1 Å². The van der Waals surface area contributed by atoms with Gasteiger partial charge in [-0.1, -0.05) is 23.2 Å². The Hall–Kier alpha value is 0.710. The Morgan fingerprint density at radius 3 is 2.36 bits per heavy atom. The molecule has 0 radical (unpaired) electrons. The molecule has 1 atom stereocenters. The largest absolute Gasteiger partial charge is 1.00 e. The van der Waals surface area contributed by atoms with Crippen LogP contribution in [0.4, 0.5) is 0 Å². The molecule has 1 rings (SSSR count). The summed E-state index contributed by atoms with van der Waals surface area (Å²) in [5.41, 5.74) is 0. The average molecular weight is 263 g/mol. The van der Waals surface area contributed by atoms with Crippen molar-refractivity contribution in [2.24, 2.45) is 0 Å². The van der Waals surface area contributed by atoms with Crippen molar-refractivity contribution in [1.29, 1.82) is 0 Å². The third-order valence-electron chi connectivity index (χ3n) is 1.39. The molecule has 0 aromatic heterocycles. The van der Waals surface area contributed by atoms with Gasteiger partial charge in [-0.25, -0.2) is 0 Å². The van der Waals surface area contributed by atoms with Gasteiger partial charge in [0.2, 0.25) is 0 Å². The normalized spacial score (nSPS) is 11.7. The van der Waals surface area contributed by atoms with Crippen LogP contribution in [0.1, 0.15) is 0 Å². The van der Waals surface area contributed by atoms with E-state index in [2.05, 4.69) is 0 Å². The van der Waals surface area contributed by atoms with E-state index in [0.29, 0.717) is 5.75 Å². The van der Waals surface area contributed by atoms with Gasteiger partial charge in [0.25, 0.3) is 0 Å². The van der Waals surface area contributed by atoms with Gasteiger partial charge in [0.05, 0.1) is 17.2 Å². The van der Waals surface area contributed by atoms with E-state index in [1.807, 2.05) is 0 Å². The summed E-state index contributed by atoms with van der Waals surface area (Å²) in [5.74, 6) is 0.348. The molecule has 0 saturated carbocycles. The van der Waals surface area contributed by atoms with E-state index in [-0.39, 0.29) is 44.5 Å². The van der Waals surface area contributed by atoms with Gasteiger partial charge >= 0.3 is 29.6 Å². The molecule has 0 heterocycles. The van der Waals surface area contributed by atoms with Crippen molar-refractivity contribution in [3.8, 4) is 5.75 Å². The van der Waals surface area contributed by atoms with Gasteiger partial charge in [-0.3, -0.25) is 4.21 Å². The van der Waals surface area contributed by atoms with Crippen LogP contribution >= 0.6 is 23.2 Å². The molecule has 72 valence electrons. The van der Waals surface area contributed by atoms with Crippen LogP contribution in [0, 0.1) is 0 Å². The van der Waals surface area contributed by atoms with Gasteiger partial charge in [-0.15, -0.1) is 0 Å². The Labute approximate surface area is 116 Å². The summed E-state index contributed by atoms with van der Waals surface area (Å²) in [4.78, 5) is -0.0348. The van der Waals surface area contributed by atoms with Crippen molar-refractivity contribution in [2.75, 3.05) is 7.11 Å². The Morgan fingerprint density at radius 1 is 1.36 bits per heavy atom. The zero-order chi connectivity index (χ0) is 10.0. The fraction of sp³-hybridized carbons (Fsp3) is 0.143. The van der Waals surface area contributed by atoms with E-state index in [9.17, 15) is 8.76 Å². The number of hydrogen-bond donors (Lipinski definition) is 0. The minimum Gasteiger partial charge on any atom is -0.768 e. The van der Waals surface area contributed by atoms with Crippen molar-refractivity contribution in [3.05, 3.63) is 22.2 Å². The van der Waals surface area contributed by atoms with Crippen molar-refractivity contribution in [1.82, 2.24) is 0 Å². The summed E-state index contributed by atoms with van der Waals surface area (Å²) >= 11 is 8.95. The predicted molar refractivity (Wildman–Crippen MR) is 50.2 cm³/mol. The number of methoxy groups -OCH3 is 1. The minimum atomic E-state index is -2.38. The van der Waals surface area contributed by atoms with Crippen LogP contribution in [-0.2, 0) is 11.1 Å². The second-order valence-electron chi connectivity index (χ2n) is 2.15. The molecular formula is C7H5Cl2NaO3S. The second-order valence-corrected chi connectivity index (χ2v) is 3.88. The van der Waals surface area contributed by atoms with Crippen LogP contribution < -0.4 is 34.3 Å². The first-order valence-electron chi connectivity index (χ1n) is 3.18. The Balaban J connectivity index is 0.00000169. The quantitative estimate of drug-likeness (QED) is 0.521. The monoisotopic (exact) mass is 262 g/mol. The number of ether oxygens (including phenoxy) is 1. The summed E-state index contributed by atoms with van der Waals surface area (Å²) in [6.45, 7) is 0. The standard InChI is InChI=1S/C7H6Cl2O3S.Na/c1-12-6-2-5(9)7(13(10)11)3-4(6)8;/h2-3H,1H3,(H,10,11);/q;+1/p-1. The zero-order valence-electron chi connectivity index (χ0n) is 7.54. The maximum atomic E-state index is 10.6. The Bertz CT molecular complexity index is 359. The van der Waals surface area contributed by atoms with Gasteiger partial charge < -0.3 is 9.29 Å². The second kappa shape index (κ2) is 6.33. The number of halogens is 2. The first kappa shape index (κ1) is 14.7. The molecule has 0 amide bonds. The molecule has 0 aliphatic heterocycles. The van der Waals surface area contributed by atoms with E-state index >= 15 is 0 Å². The topological polar surface area (TPSA) is 49.4 Å². The van der Waals surface area contributed by atoms with Crippen molar-refractivity contribution < 1.29 is 43.1 Å². The predicted octanol–water partition coefficient (Wildman–Crippen LogP) is -0.756. The van der Waals surface area contributed by atoms with Crippen LogP contribution in [0.2, 0.25) is 10.0 Å². The fourth-order valence-electron chi connectivity index (χ4n) is 0.794. The van der Waals surface area contributed by atoms with Gasteiger partial charge in [-0.2, -0.15) is 0 Å². The molecule has 0 aliphatic carbocycles. The molecule has 0 fully saturated rings. The van der Waals surface area contributed by atoms with E-state index in [1.165, 1.54) is 19.2 Å². The van der Waals surface area contributed by atoms with Gasteiger partial charge in [0.1, 0.15) is 5.75 Å². The summed E-state index contributed by atoms with van der Waals surface area (Å²) in [5, 5.41) is 0.306. The van der Waals surface area contributed by atoms with E-state index in [1.54, 1.807) is 0 Å². The maximum absolute atomic E-state index is 10.6. The van der Waals surface area contributed by atoms with Gasteiger partial charge in [0.15, 0.2) is 0 Å². The van der Waals surface area contributed by atoms with Crippen molar-refractivity contribution in [2.45, 2.75) is 4.90 Å². The SMILES string of the molecule is COc1cc(Cl)c(S(=O)[O-])cc1Cl.[Na+]. The summed E-state index contributed by atoms with van der Waals surface area (Å²) in [7, 11) is 1.42. The molecule has 3 nitrogen and oxygen atoms in total. The van der Waals surface area contributed by atoms with Crippen LogP contribution in [0.15, 0.2) is 17.0 Å². The number of benzene rings is 1. The van der Waals surface area contributed by atoms with Gasteiger partial charge in [-0.05, 0) is 17.1 Å². The molecule has 0 N–H and O–H groups in total. The fourth-order valence-corrected chi connectivity index (χ4v) is 1.87. The number of rotatable bonds is 2. The van der Waals surface area contributed by atoms with Crippen LogP contribution in [0.5, 0.6) is 5.75 Å². The Morgan fingerprint density at radius 2 is 1.93 bits per heavy atom. The first-order chi connectivity index (χ1) is 6.06. The molecule has 1 aromatic carbocycles. The molecule has 0 spiro atoms. The molecule has 0 aliphatic rings. The molecule has 7 heteroatoms. The zero-order valence-corrected chi connectivity index (χ0v) is 11.9. The summed E-state index contributed by atoms with van der Waals surface area (Å²) in [6, 6.07) is 2.60. The minimum absolute atomic E-state index is 0. The maximum Gasteiger partial charge on any atom is 1.00 e. The Kier molecular flexibility index (Phi) is 6.65. The molecule has 1 aromatic rings. The molecule has 0 bridgehead atoms. The summed E-state index contributed by atoms with van der Waals surface area (Å²) in [6.07, 6.45) is 0. The van der Waals surface area contributed by atoms with E-state index in [0.717, 1.165) is 0 Å². The third-order valence-corrected chi connectivity index (χ3v) is 2.80. The summed E-state index contributed by atoms with van der Waals surface area (Å²) < 4.78 is 26.0. The van der Waals surface area contributed by atoms with Crippen LogP contribution in [0.25, 0.3) is 0 Å². The van der Waals surface area contributed by atoms with Crippen molar-refractivity contribution >= 4 is 34.3 Å². The van der Waals surface area contributed by atoms with E-state index in [4.69, 9.17) is 27.9 Å². The molecule has 0 saturated heterocycles. The average Bonchev–Trinajstić information content (AvgIpc) is 2.07. The third kappa shape index (κ3) is 3.38. The smallest absolute Gasteiger partial charge is 0.768 e. The molecule has 14 heavy (non-hydrogen) atoms. The van der Waals surface area contributed by atoms with Gasteiger partial charge in [0, 0.05) is 11.0 Å². The van der Waals surface area contributed by atoms with Crippen LogP contribution in [0.3, 0.4) is 0 Å². The molecular weight excluding hydrogens is 258 g/mol. The first-order valence-corrected chi connectivity index (χ1v) is 5.01. The van der Waals surface area contributed by atoms with Crippen molar-refractivity contribution in [3.63, 3.8) is 0 Å². The number of hydrogen-bond acceptors (Lipinski definition) is 3.